The molecule has 1 heterocycles. The van der Waals surface area contributed by atoms with Gasteiger partial charge in [0.1, 0.15) is 4.60 Å². The second-order valence-electron chi connectivity index (χ2n) is 4.26. The van der Waals surface area contributed by atoms with Crippen LogP contribution in [0, 0.1) is 6.92 Å². The van der Waals surface area contributed by atoms with Crippen LogP contribution in [0.2, 0.25) is 0 Å². The van der Waals surface area contributed by atoms with Crippen LogP contribution in [0.5, 0.6) is 0 Å². The van der Waals surface area contributed by atoms with Gasteiger partial charge in [0.25, 0.3) is 0 Å². The van der Waals surface area contributed by atoms with Gasteiger partial charge in [-0.1, -0.05) is 29.8 Å². The summed E-state index contributed by atoms with van der Waals surface area (Å²) >= 11 is 3.51. The Morgan fingerprint density at radius 1 is 1.35 bits per heavy atom. The lowest BCUT2D eigenvalue weighted by Gasteiger charge is -2.01. The monoisotopic (exact) mass is 293 g/mol. The third-order valence-electron chi connectivity index (χ3n) is 2.86. The van der Waals surface area contributed by atoms with E-state index in [2.05, 4.69) is 52.1 Å². The Bertz CT molecular complexity index is 531. The van der Waals surface area contributed by atoms with Gasteiger partial charge in [-0.05, 0) is 41.3 Å². The second kappa shape index (κ2) is 4.92. The van der Waals surface area contributed by atoms with Crippen LogP contribution in [-0.2, 0) is 19.9 Å². The van der Waals surface area contributed by atoms with Gasteiger partial charge in [-0.2, -0.15) is 0 Å². The molecule has 1 aromatic carbocycles. The third kappa shape index (κ3) is 2.69. The van der Waals surface area contributed by atoms with Crippen molar-refractivity contribution in [3.8, 4) is 0 Å². The summed E-state index contributed by atoms with van der Waals surface area (Å²) in [6.07, 6.45) is 1.88. The number of aromatic nitrogens is 2. The number of imidazole rings is 1. The Kier molecular flexibility index (Phi) is 3.52. The summed E-state index contributed by atoms with van der Waals surface area (Å²) in [7, 11) is 1.91. The smallest absolute Gasteiger partial charge is 0.201 e. The fourth-order valence-corrected chi connectivity index (χ4v) is 2.31. The molecule has 2 N–H and O–H groups in total. The molecule has 2 aromatic rings. The van der Waals surface area contributed by atoms with Crippen molar-refractivity contribution >= 4 is 21.9 Å². The quantitative estimate of drug-likeness (QED) is 0.946. The van der Waals surface area contributed by atoms with Gasteiger partial charge in [0.2, 0.25) is 5.95 Å². The molecule has 4 heteroatoms. The summed E-state index contributed by atoms with van der Waals surface area (Å²) in [5.41, 5.74) is 9.40. The van der Waals surface area contributed by atoms with Gasteiger partial charge >= 0.3 is 0 Å². The lowest BCUT2D eigenvalue weighted by atomic mass is 10.1. The van der Waals surface area contributed by atoms with E-state index in [4.69, 9.17) is 5.73 Å². The van der Waals surface area contributed by atoms with E-state index >= 15 is 0 Å². The first-order valence-electron chi connectivity index (χ1n) is 5.60. The van der Waals surface area contributed by atoms with E-state index < -0.39 is 0 Å². The second-order valence-corrected chi connectivity index (χ2v) is 5.01. The van der Waals surface area contributed by atoms with Crippen molar-refractivity contribution in [2.45, 2.75) is 19.8 Å². The van der Waals surface area contributed by atoms with Crippen molar-refractivity contribution in [2.24, 2.45) is 7.05 Å². The van der Waals surface area contributed by atoms with Crippen LogP contribution in [0.1, 0.15) is 16.8 Å². The predicted octanol–water partition coefficient (Wildman–Crippen LogP) is 2.86. The van der Waals surface area contributed by atoms with Crippen LogP contribution < -0.4 is 5.73 Å². The molecule has 3 nitrogen and oxygen atoms in total. The number of rotatable bonds is 3. The highest BCUT2D eigenvalue weighted by Gasteiger charge is 2.09. The average molecular weight is 294 g/mol. The van der Waals surface area contributed by atoms with E-state index in [1.807, 2.05) is 11.6 Å². The highest BCUT2D eigenvalue weighted by atomic mass is 79.9. The first-order valence-corrected chi connectivity index (χ1v) is 6.39. The summed E-state index contributed by atoms with van der Waals surface area (Å²) in [6, 6.07) is 8.55. The van der Waals surface area contributed by atoms with E-state index in [9.17, 15) is 0 Å². The van der Waals surface area contributed by atoms with Crippen molar-refractivity contribution in [1.82, 2.24) is 9.55 Å². The fraction of sp³-hybridized carbons (Fsp3) is 0.308. The topological polar surface area (TPSA) is 43.8 Å². The van der Waals surface area contributed by atoms with Crippen molar-refractivity contribution in [1.29, 1.82) is 0 Å². The number of halogens is 1. The molecule has 0 radical (unpaired) electrons. The van der Waals surface area contributed by atoms with E-state index in [0.717, 1.165) is 23.1 Å². The minimum Gasteiger partial charge on any atom is -0.369 e. The van der Waals surface area contributed by atoms with Gasteiger partial charge in [-0.25, -0.2) is 4.98 Å². The Morgan fingerprint density at radius 2 is 2.12 bits per heavy atom. The summed E-state index contributed by atoms with van der Waals surface area (Å²) < 4.78 is 2.83. The van der Waals surface area contributed by atoms with Gasteiger partial charge in [-0.15, -0.1) is 0 Å². The van der Waals surface area contributed by atoms with E-state index in [0.29, 0.717) is 5.95 Å². The van der Waals surface area contributed by atoms with Gasteiger partial charge in [0, 0.05) is 7.05 Å². The van der Waals surface area contributed by atoms with Crippen molar-refractivity contribution in [3.05, 3.63) is 45.7 Å². The van der Waals surface area contributed by atoms with Crippen LogP contribution in [0.25, 0.3) is 0 Å². The highest BCUT2D eigenvalue weighted by Crippen LogP contribution is 2.20. The minimum atomic E-state index is 0.552. The summed E-state index contributed by atoms with van der Waals surface area (Å²) in [5, 5.41) is 0. The number of anilines is 1. The molecule has 0 amide bonds. The lowest BCUT2D eigenvalue weighted by molar-refractivity contribution is 0.883. The van der Waals surface area contributed by atoms with Crippen LogP contribution in [-0.4, -0.2) is 9.55 Å². The van der Waals surface area contributed by atoms with Crippen molar-refractivity contribution < 1.29 is 0 Å². The molecule has 0 atom stereocenters. The molecule has 2 rings (SSSR count). The Hall–Kier alpha value is -1.29. The Balaban J connectivity index is 2.10. The predicted molar refractivity (Wildman–Crippen MR) is 73.9 cm³/mol. The lowest BCUT2D eigenvalue weighted by Crippen LogP contribution is -1.96. The molecule has 0 spiro atoms. The number of hydrogen-bond acceptors (Lipinski definition) is 2. The molecular weight excluding hydrogens is 278 g/mol. The maximum Gasteiger partial charge on any atom is 0.201 e. The highest BCUT2D eigenvalue weighted by molar-refractivity contribution is 9.10. The molecule has 0 fully saturated rings. The summed E-state index contributed by atoms with van der Waals surface area (Å²) in [4.78, 5) is 4.34. The van der Waals surface area contributed by atoms with Gasteiger partial charge in [-0.3, -0.25) is 0 Å². The summed E-state index contributed by atoms with van der Waals surface area (Å²) in [5.74, 6) is 0.552. The van der Waals surface area contributed by atoms with Crippen molar-refractivity contribution in [3.63, 3.8) is 0 Å². The van der Waals surface area contributed by atoms with Gasteiger partial charge in [0.15, 0.2) is 0 Å². The number of hydrogen-bond donors (Lipinski definition) is 1. The first-order chi connectivity index (χ1) is 8.08. The zero-order chi connectivity index (χ0) is 12.4. The molecule has 90 valence electrons. The molecular formula is C13H16BrN3. The zero-order valence-corrected chi connectivity index (χ0v) is 11.7. The van der Waals surface area contributed by atoms with Crippen LogP contribution in [0.15, 0.2) is 28.9 Å². The molecule has 0 saturated heterocycles. The van der Waals surface area contributed by atoms with E-state index in [1.165, 1.54) is 11.1 Å². The molecule has 0 aliphatic heterocycles. The average Bonchev–Trinajstić information content (AvgIpc) is 2.54. The minimum absolute atomic E-state index is 0.552. The first kappa shape index (κ1) is 12.2. The molecule has 1 aromatic heterocycles. The summed E-state index contributed by atoms with van der Waals surface area (Å²) in [6.45, 7) is 2.11. The van der Waals surface area contributed by atoms with Crippen LogP contribution in [0.3, 0.4) is 0 Å². The number of nitrogen functional groups attached to an aromatic ring is 1. The molecule has 0 unspecified atom stereocenters. The van der Waals surface area contributed by atoms with Crippen LogP contribution in [0.4, 0.5) is 5.95 Å². The van der Waals surface area contributed by atoms with Gasteiger partial charge < -0.3 is 10.3 Å². The molecule has 0 aliphatic carbocycles. The van der Waals surface area contributed by atoms with Gasteiger partial charge in [0.05, 0.1) is 5.69 Å². The zero-order valence-electron chi connectivity index (χ0n) is 10.1. The van der Waals surface area contributed by atoms with E-state index in [-0.39, 0.29) is 0 Å². The molecule has 0 bridgehead atoms. The number of aryl methyl sites for hydroxylation is 3. The Labute approximate surface area is 110 Å². The fourth-order valence-electron chi connectivity index (χ4n) is 1.84. The maximum atomic E-state index is 5.76. The molecule has 17 heavy (non-hydrogen) atoms. The normalized spacial score (nSPS) is 10.8. The maximum absolute atomic E-state index is 5.76. The SMILES string of the molecule is Cc1cccc(CCc2nc(N)n(C)c2Br)c1. The number of nitrogens with two attached hydrogens (primary N) is 1. The standard InChI is InChI=1S/C13H16BrN3/c1-9-4-3-5-10(8-9)6-7-11-12(14)17(2)13(15)16-11/h3-5,8H,6-7H2,1-2H3,(H2,15,16). The third-order valence-corrected chi connectivity index (χ3v) is 3.85. The van der Waals surface area contributed by atoms with Crippen molar-refractivity contribution in [2.75, 3.05) is 5.73 Å². The number of nitrogens with zero attached hydrogens (tertiary/aromatic N) is 2. The van der Waals surface area contributed by atoms with E-state index in [1.54, 1.807) is 0 Å². The Morgan fingerprint density at radius 3 is 2.71 bits per heavy atom. The van der Waals surface area contributed by atoms with Crippen LogP contribution >= 0.6 is 15.9 Å². The molecule has 0 aliphatic rings. The number of benzene rings is 1. The largest absolute Gasteiger partial charge is 0.369 e. The molecule has 0 saturated carbocycles.